The van der Waals surface area contributed by atoms with Crippen molar-refractivity contribution >= 4 is 22.7 Å². The van der Waals surface area contributed by atoms with E-state index in [9.17, 15) is 0 Å². The fraction of sp³-hybridized carbons (Fsp3) is 0.133. The molecule has 1 aromatic carbocycles. The van der Waals surface area contributed by atoms with Gasteiger partial charge in [-0.2, -0.15) is 9.97 Å². The molecule has 3 aromatic rings. The number of nitrogens with zero attached hydrogens (tertiary/aromatic N) is 3. The van der Waals surface area contributed by atoms with Crippen molar-refractivity contribution in [2.24, 2.45) is 0 Å². The van der Waals surface area contributed by atoms with Crippen LogP contribution in [0, 0.1) is 0 Å². The third kappa shape index (κ3) is 3.00. The lowest BCUT2D eigenvalue weighted by molar-refractivity contribution is 0.463. The van der Waals surface area contributed by atoms with Crippen molar-refractivity contribution in [3.8, 4) is 11.6 Å². The van der Waals surface area contributed by atoms with Crippen molar-refractivity contribution in [2.75, 3.05) is 17.6 Å². The van der Waals surface area contributed by atoms with Gasteiger partial charge in [-0.1, -0.05) is 6.07 Å². The third-order valence-electron chi connectivity index (χ3n) is 2.88. The van der Waals surface area contributed by atoms with Crippen LogP contribution in [0.5, 0.6) is 11.6 Å². The van der Waals surface area contributed by atoms with Crippen LogP contribution in [-0.2, 0) is 0 Å². The molecule has 3 N–H and O–H groups in total. The van der Waals surface area contributed by atoms with Crippen LogP contribution >= 0.6 is 0 Å². The number of benzene rings is 1. The largest absolute Gasteiger partial charge is 0.439 e. The van der Waals surface area contributed by atoms with Crippen LogP contribution in [-0.4, -0.2) is 21.5 Å². The Morgan fingerprint density at radius 3 is 2.95 bits per heavy atom. The van der Waals surface area contributed by atoms with E-state index in [4.69, 9.17) is 10.5 Å². The second-order valence-corrected chi connectivity index (χ2v) is 4.44. The minimum absolute atomic E-state index is 0.169. The number of anilines is 2. The first-order chi connectivity index (χ1) is 10.2. The molecule has 2 aromatic heterocycles. The fourth-order valence-electron chi connectivity index (χ4n) is 2.00. The summed E-state index contributed by atoms with van der Waals surface area (Å²) in [6.45, 7) is 2.73. The van der Waals surface area contributed by atoms with Gasteiger partial charge < -0.3 is 15.8 Å². The Balaban J connectivity index is 1.90. The second kappa shape index (κ2) is 5.62. The fourth-order valence-corrected chi connectivity index (χ4v) is 2.00. The summed E-state index contributed by atoms with van der Waals surface area (Å²) in [7, 11) is 0. The Morgan fingerprint density at radius 2 is 2.10 bits per heavy atom. The molecule has 3 rings (SSSR count). The average molecular weight is 281 g/mol. The number of hydrogen-bond donors (Lipinski definition) is 2. The molecule has 0 atom stereocenters. The standard InChI is InChI=1S/C15H15N5O/c1-2-17-13-9-14(20-15(16)19-13)21-11-6-5-10-4-3-7-18-12(10)8-11/h3-9H,2H2,1H3,(H3,16,17,19,20). The normalized spacial score (nSPS) is 10.5. The van der Waals surface area contributed by atoms with Gasteiger partial charge in [-0.15, -0.1) is 0 Å². The average Bonchev–Trinajstić information content (AvgIpc) is 2.47. The van der Waals surface area contributed by atoms with Gasteiger partial charge >= 0.3 is 0 Å². The molecule has 21 heavy (non-hydrogen) atoms. The van der Waals surface area contributed by atoms with Crippen molar-refractivity contribution in [3.63, 3.8) is 0 Å². The van der Waals surface area contributed by atoms with Crippen LogP contribution in [0.3, 0.4) is 0 Å². The van der Waals surface area contributed by atoms with Crippen LogP contribution in [0.2, 0.25) is 0 Å². The van der Waals surface area contributed by atoms with E-state index in [2.05, 4.69) is 20.3 Å². The first-order valence-electron chi connectivity index (χ1n) is 6.65. The highest BCUT2D eigenvalue weighted by molar-refractivity contribution is 5.79. The summed E-state index contributed by atoms with van der Waals surface area (Å²) in [5, 5.41) is 4.14. The van der Waals surface area contributed by atoms with Crippen molar-refractivity contribution in [3.05, 3.63) is 42.6 Å². The minimum atomic E-state index is 0.169. The topological polar surface area (TPSA) is 86.0 Å². The minimum Gasteiger partial charge on any atom is -0.439 e. The van der Waals surface area contributed by atoms with Crippen molar-refractivity contribution in [2.45, 2.75) is 6.92 Å². The molecule has 0 aliphatic rings. The van der Waals surface area contributed by atoms with E-state index >= 15 is 0 Å². The number of ether oxygens (including phenoxy) is 1. The van der Waals surface area contributed by atoms with Gasteiger partial charge in [0.25, 0.3) is 0 Å². The summed E-state index contributed by atoms with van der Waals surface area (Å²) in [6, 6.07) is 11.3. The van der Waals surface area contributed by atoms with Crippen molar-refractivity contribution in [1.29, 1.82) is 0 Å². The molecule has 0 saturated heterocycles. The van der Waals surface area contributed by atoms with E-state index in [0.717, 1.165) is 17.4 Å². The van der Waals surface area contributed by atoms with E-state index in [0.29, 0.717) is 17.4 Å². The first kappa shape index (κ1) is 13.1. The molecule has 6 nitrogen and oxygen atoms in total. The molecule has 2 heterocycles. The molecule has 106 valence electrons. The smallest absolute Gasteiger partial charge is 0.226 e. The zero-order valence-corrected chi connectivity index (χ0v) is 11.6. The number of nitrogens with one attached hydrogen (secondary N) is 1. The van der Waals surface area contributed by atoms with Crippen LogP contribution in [0.1, 0.15) is 6.92 Å². The Hall–Kier alpha value is -2.89. The van der Waals surface area contributed by atoms with Gasteiger partial charge in [-0.05, 0) is 25.1 Å². The van der Waals surface area contributed by atoms with Gasteiger partial charge in [0.15, 0.2) is 0 Å². The lowest BCUT2D eigenvalue weighted by Gasteiger charge is -2.08. The van der Waals surface area contributed by atoms with Gasteiger partial charge in [0.1, 0.15) is 11.6 Å². The molecule has 6 heteroatoms. The SMILES string of the molecule is CCNc1cc(Oc2ccc3cccnc3c2)nc(N)n1. The molecule has 0 fully saturated rings. The predicted molar refractivity (Wildman–Crippen MR) is 82.4 cm³/mol. The van der Waals surface area contributed by atoms with Crippen LogP contribution in [0.25, 0.3) is 10.9 Å². The van der Waals surface area contributed by atoms with Crippen molar-refractivity contribution < 1.29 is 4.74 Å². The van der Waals surface area contributed by atoms with Gasteiger partial charge in [0.05, 0.1) is 5.52 Å². The molecule has 0 spiro atoms. The molecule has 0 amide bonds. The third-order valence-corrected chi connectivity index (χ3v) is 2.88. The maximum atomic E-state index is 5.74. The maximum Gasteiger partial charge on any atom is 0.226 e. The number of nitrogen functional groups attached to an aromatic ring is 1. The van der Waals surface area contributed by atoms with E-state index in [1.165, 1.54) is 0 Å². The Bertz CT molecular complexity index is 775. The number of hydrogen-bond acceptors (Lipinski definition) is 6. The van der Waals surface area contributed by atoms with Crippen LogP contribution in [0.4, 0.5) is 11.8 Å². The van der Waals surface area contributed by atoms with Gasteiger partial charge in [0.2, 0.25) is 11.8 Å². The molecule has 0 aliphatic heterocycles. The molecule has 0 unspecified atom stereocenters. The molecular weight excluding hydrogens is 266 g/mol. The van der Waals surface area contributed by atoms with Gasteiger partial charge in [0, 0.05) is 30.3 Å². The van der Waals surface area contributed by atoms with Crippen molar-refractivity contribution in [1.82, 2.24) is 15.0 Å². The monoisotopic (exact) mass is 281 g/mol. The number of aromatic nitrogens is 3. The second-order valence-electron chi connectivity index (χ2n) is 4.44. The summed E-state index contributed by atoms with van der Waals surface area (Å²) in [5.41, 5.74) is 6.54. The number of fused-ring (bicyclic) bond motifs is 1. The summed E-state index contributed by atoms with van der Waals surface area (Å²) in [5.74, 6) is 1.86. The highest BCUT2D eigenvalue weighted by Crippen LogP contribution is 2.25. The quantitative estimate of drug-likeness (QED) is 0.764. The Morgan fingerprint density at radius 1 is 1.19 bits per heavy atom. The summed E-state index contributed by atoms with van der Waals surface area (Å²) < 4.78 is 5.74. The molecular formula is C15H15N5O. The lowest BCUT2D eigenvalue weighted by atomic mass is 10.2. The summed E-state index contributed by atoms with van der Waals surface area (Å²) in [6.07, 6.45) is 1.75. The van der Waals surface area contributed by atoms with E-state index in [1.54, 1.807) is 12.3 Å². The zero-order chi connectivity index (χ0) is 14.7. The molecule has 0 radical (unpaired) electrons. The number of rotatable bonds is 4. The number of pyridine rings is 1. The maximum absolute atomic E-state index is 5.74. The van der Waals surface area contributed by atoms with Crippen LogP contribution in [0.15, 0.2) is 42.6 Å². The first-order valence-corrected chi connectivity index (χ1v) is 6.65. The zero-order valence-electron chi connectivity index (χ0n) is 11.6. The molecule has 0 aliphatic carbocycles. The Kier molecular flexibility index (Phi) is 3.51. The summed E-state index contributed by atoms with van der Waals surface area (Å²) >= 11 is 0. The van der Waals surface area contributed by atoms with Crippen LogP contribution < -0.4 is 15.8 Å². The predicted octanol–water partition coefficient (Wildman–Crippen LogP) is 2.83. The van der Waals surface area contributed by atoms with E-state index in [-0.39, 0.29) is 5.95 Å². The Labute approximate surface area is 122 Å². The summed E-state index contributed by atoms with van der Waals surface area (Å²) in [4.78, 5) is 12.5. The highest BCUT2D eigenvalue weighted by Gasteiger charge is 2.05. The lowest BCUT2D eigenvalue weighted by Crippen LogP contribution is -2.04. The van der Waals surface area contributed by atoms with E-state index in [1.807, 2.05) is 37.3 Å². The number of nitrogens with two attached hydrogens (primary N) is 1. The molecule has 0 saturated carbocycles. The van der Waals surface area contributed by atoms with E-state index < -0.39 is 0 Å². The highest BCUT2D eigenvalue weighted by atomic mass is 16.5. The van der Waals surface area contributed by atoms with Gasteiger partial charge in [-0.25, -0.2) is 0 Å². The molecule has 0 bridgehead atoms. The van der Waals surface area contributed by atoms with Gasteiger partial charge in [-0.3, -0.25) is 4.98 Å².